The number of hydrogen-bond donors (Lipinski definition) is 2. The second kappa shape index (κ2) is 5.39. The first kappa shape index (κ1) is 14.8. The lowest BCUT2D eigenvalue weighted by Crippen LogP contribution is -2.41. The Bertz CT molecular complexity index is 743. The highest BCUT2D eigenvalue weighted by molar-refractivity contribution is 7.91. The zero-order valence-corrected chi connectivity index (χ0v) is 12.8. The van der Waals surface area contributed by atoms with Gasteiger partial charge in [-0.1, -0.05) is 0 Å². The van der Waals surface area contributed by atoms with Crippen molar-refractivity contribution in [3.05, 3.63) is 40.2 Å². The van der Waals surface area contributed by atoms with Crippen LogP contribution in [-0.2, 0) is 10.0 Å². The van der Waals surface area contributed by atoms with Crippen molar-refractivity contribution in [3.8, 4) is 0 Å². The van der Waals surface area contributed by atoms with Crippen LogP contribution in [0.1, 0.15) is 26.8 Å². The monoisotopic (exact) mass is 314 g/mol. The molecular formula is C12H14N2O4S2. The zero-order chi connectivity index (χ0) is 14.9. The van der Waals surface area contributed by atoms with Gasteiger partial charge in [-0.2, -0.15) is 0 Å². The molecule has 2 heterocycles. The van der Waals surface area contributed by atoms with Crippen LogP contribution >= 0.6 is 11.3 Å². The molecule has 2 rings (SSSR count). The second-order valence-corrected chi connectivity index (χ2v) is 7.45. The van der Waals surface area contributed by atoms with Gasteiger partial charge >= 0.3 is 0 Å². The lowest BCUT2D eigenvalue weighted by atomic mass is 10.2. The molecule has 108 valence electrons. The van der Waals surface area contributed by atoms with Crippen LogP contribution < -0.4 is 10.3 Å². The maximum absolute atomic E-state index is 11.9. The van der Waals surface area contributed by atoms with Crippen molar-refractivity contribution < 1.29 is 17.6 Å². The molecule has 0 spiro atoms. The third kappa shape index (κ3) is 3.09. The van der Waals surface area contributed by atoms with E-state index in [2.05, 4.69) is 10.3 Å². The van der Waals surface area contributed by atoms with Gasteiger partial charge in [0.05, 0.1) is 5.56 Å². The molecule has 0 fully saturated rings. The summed E-state index contributed by atoms with van der Waals surface area (Å²) in [7, 11) is -3.74. The molecule has 0 saturated heterocycles. The van der Waals surface area contributed by atoms with Crippen LogP contribution in [-0.4, -0.2) is 14.3 Å². The summed E-state index contributed by atoms with van der Waals surface area (Å²) in [6.45, 7) is 5.15. The lowest BCUT2D eigenvalue weighted by Gasteiger charge is -2.06. The molecule has 0 atom stereocenters. The highest BCUT2D eigenvalue weighted by Crippen LogP contribution is 2.20. The Hall–Kier alpha value is -1.64. The number of hydrazine groups is 1. The van der Waals surface area contributed by atoms with E-state index in [4.69, 9.17) is 4.42 Å². The number of carbonyl (C=O) groups excluding carboxylic acids is 1. The summed E-state index contributed by atoms with van der Waals surface area (Å²) in [6.07, 6.45) is 0. The van der Waals surface area contributed by atoms with Gasteiger partial charge in [0.2, 0.25) is 0 Å². The number of thiophene rings is 1. The van der Waals surface area contributed by atoms with E-state index < -0.39 is 15.9 Å². The Kier molecular flexibility index (Phi) is 3.98. The van der Waals surface area contributed by atoms with Crippen molar-refractivity contribution in [3.63, 3.8) is 0 Å². The summed E-state index contributed by atoms with van der Waals surface area (Å²) in [5.41, 5.74) is 2.47. The van der Waals surface area contributed by atoms with Crippen LogP contribution in [0.4, 0.5) is 0 Å². The molecule has 20 heavy (non-hydrogen) atoms. The number of aryl methyl sites for hydroxylation is 3. The maximum atomic E-state index is 11.9. The van der Waals surface area contributed by atoms with E-state index in [1.807, 2.05) is 0 Å². The molecule has 0 aromatic carbocycles. The van der Waals surface area contributed by atoms with Gasteiger partial charge in [-0.05, 0) is 39.0 Å². The molecule has 6 nitrogen and oxygen atoms in total. The van der Waals surface area contributed by atoms with E-state index >= 15 is 0 Å². The van der Waals surface area contributed by atoms with Gasteiger partial charge in [-0.15, -0.1) is 16.2 Å². The number of carbonyl (C=O) groups is 1. The summed E-state index contributed by atoms with van der Waals surface area (Å²) in [5.74, 6) is 0.465. The molecule has 0 aliphatic rings. The summed E-state index contributed by atoms with van der Waals surface area (Å²) >= 11 is 1.13. The van der Waals surface area contributed by atoms with Crippen molar-refractivity contribution in [2.75, 3.05) is 0 Å². The Balaban J connectivity index is 2.09. The van der Waals surface area contributed by atoms with E-state index in [9.17, 15) is 13.2 Å². The van der Waals surface area contributed by atoms with E-state index in [1.165, 1.54) is 6.07 Å². The van der Waals surface area contributed by atoms with Gasteiger partial charge in [0.1, 0.15) is 15.7 Å². The van der Waals surface area contributed by atoms with Gasteiger partial charge < -0.3 is 4.42 Å². The largest absolute Gasteiger partial charge is 0.466 e. The topological polar surface area (TPSA) is 88.4 Å². The minimum atomic E-state index is -3.74. The second-order valence-electron chi connectivity index (χ2n) is 4.25. The molecule has 2 N–H and O–H groups in total. The van der Waals surface area contributed by atoms with Crippen molar-refractivity contribution in [2.24, 2.45) is 0 Å². The normalized spacial score (nSPS) is 11.6. The highest BCUT2D eigenvalue weighted by Gasteiger charge is 2.19. The molecule has 8 heteroatoms. The fourth-order valence-electron chi connectivity index (χ4n) is 1.64. The first-order valence-corrected chi connectivity index (χ1v) is 8.05. The smallest absolute Gasteiger partial charge is 0.269 e. The number of furan rings is 1. The predicted octanol–water partition coefficient (Wildman–Crippen LogP) is 1.89. The molecule has 0 radical (unpaired) electrons. The average Bonchev–Trinajstić information content (AvgIpc) is 2.93. The number of nitrogens with one attached hydrogen (secondary N) is 2. The van der Waals surface area contributed by atoms with Gasteiger partial charge in [0.15, 0.2) is 0 Å². The van der Waals surface area contributed by atoms with Crippen molar-refractivity contribution >= 4 is 27.3 Å². The SMILES string of the molecule is Cc1cc(C(=O)NNS(=O)(=O)c2ccc(C)s2)c(C)o1. The fourth-order valence-corrected chi connectivity index (χ4v) is 3.77. The third-order valence-electron chi connectivity index (χ3n) is 2.57. The van der Waals surface area contributed by atoms with E-state index in [-0.39, 0.29) is 4.21 Å². The van der Waals surface area contributed by atoms with E-state index in [0.717, 1.165) is 16.2 Å². The maximum Gasteiger partial charge on any atom is 0.269 e. The summed E-state index contributed by atoms with van der Waals surface area (Å²) in [4.78, 5) is 14.8. The summed E-state index contributed by atoms with van der Waals surface area (Å²) in [5, 5.41) is 0. The Labute approximate surface area is 120 Å². The van der Waals surface area contributed by atoms with Gasteiger partial charge in [0, 0.05) is 4.88 Å². The fraction of sp³-hybridized carbons (Fsp3) is 0.250. The molecule has 0 aliphatic carbocycles. The zero-order valence-electron chi connectivity index (χ0n) is 11.2. The van der Waals surface area contributed by atoms with Gasteiger partial charge in [0.25, 0.3) is 15.9 Å². The van der Waals surface area contributed by atoms with Crippen molar-refractivity contribution in [1.82, 2.24) is 10.3 Å². The van der Waals surface area contributed by atoms with E-state index in [1.54, 1.807) is 32.9 Å². The standard InChI is InChI=1S/C12H14N2O4S2/c1-7-6-10(9(3)18-7)12(15)13-14-20(16,17)11-5-4-8(2)19-11/h4-6,14H,1-3H3,(H,13,15). The van der Waals surface area contributed by atoms with Crippen molar-refractivity contribution in [1.29, 1.82) is 0 Å². The summed E-state index contributed by atoms with van der Waals surface area (Å²) < 4.78 is 29.2. The number of rotatable bonds is 4. The highest BCUT2D eigenvalue weighted by atomic mass is 32.2. The van der Waals surface area contributed by atoms with Gasteiger partial charge in [-0.25, -0.2) is 8.42 Å². The average molecular weight is 314 g/mol. The van der Waals surface area contributed by atoms with Crippen LogP contribution in [0.25, 0.3) is 0 Å². The first-order chi connectivity index (χ1) is 9.29. The van der Waals surface area contributed by atoms with Crippen molar-refractivity contribution in [2.45, 2.75) is 25.0 Å². The van der Waals surface area contributed by atoms with E-state index in [0.29, 0.717) is 17.1 Å². The molecule has 0 aliphatic heterocycles. The Morgan fingerprint density at radius 3 is 2.45 bits per heavy atom. The molecular weight excluding hydrogens is 300 g/mol. The van der Waals surface area contributed by atoms with Crippen LogP contribution in [0.5, 0.6) is 0 Å². The number of sulfonamides is 1. The number of hydrogen-bond acceptors (Lipinski definition) is 5. The Morgan fingerprint density at radius 1 is 1.25 bits per heavy atom. The molecule has 0 saturated carbocycles. The first-order valence-electron chi connectivity index (χ1n) is 5.75. The van der Waals surface area contributed by atoms with Crippen LogP contribution in [0.15, 0.2) is 26.8 Å². The molecule has 0 unspecified atom stereocenters. The van der Waals surface area contributed by atoms with Gasteiger partial charge in [-0.3, -0.25) is 10.2 Å². The lowest BCUT2D eigenvalue weighted by molar-refractivity contribution is 0.0943. The molecule has 1 amide bonds. The Morgan fingerprint density at radius 2 is 1.95 bits per heavy atom. The third-order valence-corrected chi connectivity index (χ3v) is 5.31. The molecule has 0 bridgehead atoms. The summed E-state index contributed by atoms with van der Waals surface area (Å²) in [6, 6.07) is 4.74. The quantitative estimate of drug-likeness (QED) is 0.844. The minimum absolute atomic E-state index is 0.149. The molecule has 2 aromatic rings. The molecule has 2 aromatic heterocycles. The van der Waals surface area contributed by atoms with Crippen LogP contribution in [0.3, 0.4) is 0 Å². The van der Waals surface area contributed by atoms with Crippen LogP contribution in [0.2, 0.25) is 0 Å². The number of amides is 1. The predicted molar refractivity (Wildman–Crippen MR) is 75.0 cm³/mol. The van der Waals surface area contributed by atoms with Crippen LogP contribution in [0, 0.1) is 20.8 Å². The minimum Gasteiger partial charge on any atom is -0.466 e.